The highest BCUT2D eigenvalue weighted by Gasteiger charge is 2.39. The van der Waals surface area contributed by atoms with Crippen molar-refractivity contribution in [2.24, 2.45) is 0 Å². The number of rotatable bonds is 5. The molecule has 23 heavy (non-hydrogen) atoms. The lowest BCUT2D eigenvalue weighted by Gasteiger charge is -2.27. The second-order valence-corrected chi connectivity index (χ2v) is 8.38. The molecule has 128 valence electrons. The highest BCUT2D eigenvalue weighted by atomic mass is 32.2. The molecule has 1 fully saturated rings. The number of aryl methyl sites for hydroxylation is 1. The van der Waals surface area contributed by atoms with Crippen LogP contribution in [0, 0.1) is 0 Å². The van der Waals surface area contributed by atoms with Gasteiger partial charge in [0.2, 0.25) is 15.9 Å². The largest absolute Gasteiger partial charge is 0.469 e. The third-order valence-electron chi connectivity index (χ3n) is 4.69. The number of furan rings is 1. The van der Waals surface area contributed by atoms with Crippen LogP contribution in [0.2, 0.25) is 0 Å². The minimum absolute atomic E-state index is 0.0682. The van der Waals surface area contributed by atoms with Gasteiger partial charge < -0.3 is 9.73 Å². The van der Waals surface area contributed by atoms with Crippen molar-refractivity contribution in [3.8, 4) is 0 Å². The molecule has 0 bridgehead atoms. The van der Waals surface area contributed by atoms with Gasteiger partial charge in [0.15, 0.2) is 0 Å². The molecule has 1 aliphatic carbocycles. The van der Waals surface area contributed by atoms with Crippen molar-refractivity contribution in [3.63, 3.8) is 0 Å². The van der Waals surface area contributed by atoms with E-state index in [0.717, 1.165) is 37.0 Å². The van der Waals surface area contributed by atoms with Gasteiger partial charge in [0, 0.05) is 18.5 Å². The van der Waals surface area contributed by atoms with Crippen LogP contribution in [-0.4, -0.2) is 37.0 Å². The molecule has 1 saturated heterocycles. The van der Waals surface area contributed by atoms with Gasteiger partial charge in [-0.15, -0.1) is 0 Å². The Hall–Kier alpha value is -1.34. The summed E-state index contributed by atoms with van der Waals surface area (Å²) in [7, 11) is -3.34. The van der Waals surface area contributed by atoms with Gasteiger partial charge in [-0.25, -0.2) is 8.42 Å². The Labute approximate surface area is 137 Å². The molecular formula is C16H24N2O4S. The molecule has 1 amide bonds. The highest BCUT2D eigenvalue weighted by molar-refractivity contribution is 7.89. The minimum Gasteiger partial charge on any atom is -0.469 e. The van der Waals surface area contributed by atoms with Gasteiger partial charge in [-0.2, -0.15) is 4.31 Å². The number of fused-ring (bicyclic) bond motifs is 1. The van der Waals surface area contributed by atoms with E-state index in [-0.39, 0.29) is 17.7 Å². The van der Waals surface area contributed by atoms with Gasteiger partial charge >= 0.3 is 0 Å². The maximum absolute atomic E-state index is 12.7. The fourth-order valence-corrected chi connectivity index (χ4v) is 5.36. The Bertz CT molecular complexity index is 667. The molecule has 2 atom stereocenters. The molecule has 6 nitrogen and oxygen atoms in total. The summed E-state index contributed by atoms with van der Waals surface area (Å²) in [5.41, 5.74) is 1.03. The molecule has 1 aliphatic heterocycles. The lowest BCUT2D eigenvalue weighted by Crippen LogP contribution is -2.47. The Morgan fingerprint density at radius 1 is 1.39 bits per heavy atom. The van der Waals surface area contributed by atoms with Crippen LogP contribution in [0.5, 0.6) is 0 Å². The molecule has 0 aromatic carbocycles. The van der Waals surface area contributed by atoms with Crippen LogP contribution in [0.4, 0.5) is 0 Å². The highest BCUT2D eigenvalue weighted by Crippen LogP contribution is 2.31. The van der Waals surface area contributed by atoms with Crippen LogP contribution < -0.4 is 5.32 Å². The van der Waals surface area contributed by atoms with Crippen LogP contribution in [0.1, 0.15) is 56.4 Å². The zero-order valence-electron chi connectivity index (χ0n) is 13.5. The summed E-state index contributed by atoms with van der Waals surface area (Å²) >= 11 is 0. The van der Waals surface area contributed by atoms with E-state index in [1.165, 1.54) is 4.31 Å². The number of carbonyl (C=O) groups is 1. The van der Waals surface area contributed by atoms with E-state index in [2.05, 4.69) is 5.32 Å². The molecule has 0 spiro atoms. The molecule has 2 heterocycles. The SMILES string of the molecule is CCCS(=O)(=O)N1CCCC1C(=O)NC1CCCc2occc21. The summed E-state index contributed by atoms with van der Waals surface area (Å²) in [6.07, 6.45) is 6.29. The van der Waals surface area contributed by atoms with Crippen molar-refractivity contribution in [1.29, 1.82) is 0 Å². The Morgan fingerprint density at radius 2 is 2.22 bits per heavy atom. The monoisotopic (exact) mass is 340 g/mol. The molecule has 3 rings (SSSR count). The lowest BCUT2D eigenvalue weighted by molar-refractivity contribution is -0.125. The fourth-order valence-electron chi connectivity index (χ4n) is 3.61. The maximum Gasteiger partial charge on any atom is 0.238 e. The van der Waals surface area contributed by atoms with Crippen molar-refractivity contribution in [1.82, 2.24) is 9.62 Å². The minimum atomic E-state index is -3.34. The molecule has 0 radical (unpaired) electrons. The number of nitrogens with one attached hydrogen (secondary N) is 1. The van der Waals surface area contributed by atoms with Gasteiger partial charge in [0.25, 0.3) is 0 Å². The average molecular weight is 340 g/mol. The maximum atomic E-state index is 12.7. The van der Waals surface area contributed by atoms with Crippen LogP contribution >= 0.6 is 0 Å². The number of nitrogens with zero attached hydrogens (tertiary/aromatic N) is 1. The first-order chi connectivity index (χ1) is 11.0. The number of carbonyl (C=O) groups excluding carboxylic acids is 1. The van der Waals surface area contributed by atoms with E-state index in [9.17, 15) is 13.2 Å². The molecule has 2 aliphatic rings. The van der Waals surface area contributed by atoms with Gasteiger partial charge in [0.1, 0.15) is 11.8 Å². The number of sulfonamides is 1. The first kappa shape index (κ1) is 16.5. The summed E-state index contributed by atoms with van der Waals surface area (Å²) in [5, 5.41) is 3.04. The van der Waals surface area contributed by atoms with Crippen molar-refractivity contribution in [2.45, 2.75) is 57.5 Å². The van der Waals surface area contributed by atoms with Gasteiger partial charge in [-0.05, 0) is 38.2 Å². The molecule has 1 N–H and O–H groups in total. The van der Waals surface area contributed by atoms with Gasteiger partial charge in [0.05, 0.1) is 18.1 Å². The molecule has 1 aromatic rings. The van der Waals surface area contributed by atoms with Gasteiger partial charge in [-0.1, -0.05) is 6.92 Å². The fraction of sp³-hybridized carbons (Fsp3) is 0.688. The van der Waals surface area contributed by atoms with E-state index in [0.29, 0.717) is 19.4 Å². The Morgan fingerprint density at radius 3 is 3.00 bits per heavy atom. The van der Waals surface area contributed by atoms with Crippen LogP contribution in [0.25, 0.3) is 0 Å². The molecule has 2 unspecified atom stereocenters. The van der Waals surface area contributed by atoms with Crippen LogP contribution in [0.15, 0.2) is 16.7 Å². The second-order valence-electron chi connectivity index (χ2n) is 6.34. The normalized spacial score (nSPS) is 25.3. The van der Waals surface area contributed by atoms with E-state index < -0.39 is 16.1 Å². The molecule has 1 aromatic heterocycles. The van der Waals surface area contributed by atoms with E-state index >= 15 is 0 Å². The topological polar surface area (TPSA) is 79.6 Å². The first-order valence-electron chi connectivity index (χ1n) is 8.39. The summed E-state index contributed by atoms with van der Waals surface area (Å²) in [6.45, 7) is 2.28. The van der Waals surface area contributed by atoms with Crippen molar-refractivity contribution >= 4 is 15.9 Å². The second kappa shape index (κ2) is 6.65. The zero-order valence-corrected chi connectivity index (χ0v) is 14.3. The predicted molar refractivity (Wildman–Crippen MR) is 86.3 cm³/mol. The number of hydrogen-bond acceptors (Lipinski definition) is 4. The Kier molecular flexibility index (Phi) is 4.77. The standard InChI is InChI=1S/C16H24N2O4S/c1-2-11-23(20,21)18-9-4-6-14(18)16(19)17-13-5-3-7-15-12(13)8-10-22-15/h8,10,13-14H,2-7,9,11H2,1H3,(H,17,19). The van der Waals surface area contributed by atoms with E-state index in [1.54, 1.807) is 6.26 Å². The third-order valence-corrected chi connectivity index (χ3v) is 6.77. The quantitative estimate of drug-likeness (QED) is 0.889. The van der Waals surface area contributed by atoms with Crippen molar-refractivity contribution < 1.29 is 17.6 Å². The smallest absolute Gasteiger partial charge is 0.238 e. The zero-order chi connectivity index (χ0) is 16.4. The predicted octanol–water partition coefficient (Wildman–Crippen LogP) is 1.98. The Balaban J connectivity index is 1.71. The summed E-state index contributed by atoms with van der Waals surface area (Å²) < 4.78 is 31.5. The first-order valence-corrected chi connectivity index (χ1v) is 10.00. The van der Waals surface area contributed by atoms with Gasteiger partial charge in [-0.3, -0.25) is 4.79 Å². The van der Waals surface area contributed by atoms with Crippen molar-refractivity contribution in [3.05, 3.63) is 23.7 Å². The van der Waals surface area contributed by atoms with E-state index in [4.69, 9.17) is 4.42 Å². The summed E-state index contributed by atoms with van der Waals surface area (Å²) in [5.74, 6) is 0.858. The molecule has 7 heteroatoms. The average Bonchev–Trinajstić information content (AvgIpc) is 3.17. The van der Waals surface area contributed by atoms with Crippen LogP contribution in [-0.2, 0) is 21.2 Å². The number of amides is 1. The van der Waals surface area contributed by atoms with Crippen LogP contribution in [0.3, 0.4) is 0 Å². The molecular weight excluding hydrogens is 316 g/mol. The number of hydrogen-bond donors (Lipinski definition) is 1. The summed E-state index contributed by atoms with van der Waals surface area (Å²) in [6, 6.07) is 1.27. The lowest BCUT2D eigenvalue weighted by atomic mass is 9.93. The summed E-state index contributed by atoms with van der Waals surface area (Å²) in [4.78, 5) is 12.7. The van der Waals surface area contributed by atoms with Crippen molar-refractivity contribution in [2.75, 3.05) is 12.3 Å². The third kappa shape index (κ3) is 3.30. The van der Waals surface area contributed by atoms with E-state index in [1.807, 2.05) is 13.0 Å². The molecule has 0 saturated carbocycles.